The summed E-state index contributed by atoms with van der Waals surface area (Å²) in [6.07, 6.45) is 6.62. The van der Waals surface area contributed by atoms with Crippen molar-refractivity contribution in [2.75, 3.05) is 31.9 Å². The SMILES string of the molecule is CC(C)(C=C(C#N)C(=O)N1CC(Cn2c(=O)n(-c3ccc(Oc4ccccc4)cc3)c3c(N)ncnc32)C1)N1CCCCC1. The number of benzene rings is 2. The second kappa shape index (κ2) is 12.0. The van der Waals surface area contributed by atoms with Crippen molar-refractivity contribution in [2.45, 2.75) is 45.2 Å². The number of anilines is 1. The number of carbonyl (C=O) groups excluding carboxylic acids is 1. The molecule has 0 aliphatic carbocycles. The van der Waals surface area contributed by atoms with Crippen LogP contribution in [0.1, 0.15) is 33.1 Å². The standard InChI is InChI=1S/C33H36N8O3/c1-33(2,39-15-7-4-8-16-39)17-24(18-34)31(42)38-19-23(20-38)21-40-30-28(29(35)36-22-37-30)41(32(40)43)25-11-13-27(14-12-25)44-26-9-5-3-6-10-26/h3,5-6,9-14,17,22-23H,4,7-8,15-16,19-21H2,1-2H3,(H2,35,36,37). The number of hydrogen-bond donors (Lipinski definition) is 1. The van der Waals surface area contributed by atoms with Crippen LogP contribution in [0.3, 0.4) is 0 Å². The zero-order valence-corrected chi connectivity index (χ0v) is 25.0. The number of ether oxygens (including phenoxy) is 1. The molecule has 2 aliphatic rings. The molecule has 0 radical (unpaired) electrons. The first kappa shape index (κ1) is 29.1. The van der Waals surface area contributed by atoms with Crippen molar-refractivity contribution in [3.05, 3.63) is 83.1 Å². The van der Waals surface area contributed by atoms with E-state index in [4.69, 9.17) is 10.5 Å². The molecular weight excluding hydrogens is 556 g/mol. The molecule has 11 nitrogen and oxygen atoms in total. The first-order valence-electron chi connectivity index (χ1n) is 15.0. The van der Waals surface area contributed by atoms with E-state index in [1.165, 1.54) is 17.3 Å². The van der Waals surface area contributed by atoms with Gasteiger partial charge in [0, 0.05) is 31.1 Å². The van der Waals surface area contributed by atoms with Crippen LogP contribution in [0.4, 0.5) is 5.82 Å². The molecule has 0 atom stereocenters. The number of nitrogens with two attached hydrogens (primary N) is 1. The van der Waals surface area contributed by atoms with Gasteiger partial charge in [0.05, 0.1) is 5.69 Å². The zero-order valence-electron chi connectivity index (χ0n) is 25.0. The van der Waals surface area contributed by atoms with E-state index >= 15 is 0 Å². The van der Waals surface area contributed by atoms with Gasteiger partial charge >= 0.3 is 5.69 Å². The van der Waals surface area contributed by atoms with E-state index in [1.54, 1.807) is 33.7 Å². The molecule has 2 aliphatic heterocycles. The number of para-hydroxylation sites is 1. The summed E-state index contributed by atoms with van der Waals surface area (Å²) in [7, 11) is 0. The molecule has 0 unspecified atom stereocenters. The van der Waals surface area contributed by atoms with Gasteiger partial charge in [-0.2, -0.15) is 5.26 Å². The van der Waals surface area contributed by atoms with E-state index < -0.39 is 0 Å². The molecule has 1 amide bonds. The molecule has 2 fully saturated rings. The van der Waals surface area contributed by atoms with Gasteiger partial charge in [0.25, 0.3) is 5.91 Å². The van der Waals surface area contributed by atoms with Crippen molar-refractivity contribution in [1.82, 2.24) is 28.9 Å². The highest BCUT2D eigenvalue weighted by Crippen LogP contribution is 2.28. The topological polar surface area (TPSA) is 135 Å². The number of likely N-dealkylation sites (tertiary alicyclic amines) is 2. The summed E-state index contributed by atoms with van der Waals surface area (Å²) in [6, 6.07) is 18.8. The summed E-state index contributed by atoms with van der Waals surface area (Å²) >= 11 is 0. The van der Waals surface area contributed by atoms with Crippen molar-refractivity contribution in [2.24, 2.45) is 5.92 Å². The number of fused-ring (bicyclic) bond motifs is 1. The molecule has 4 heterocycles. The number of aromatic nitrogens is 4. The van der Waals surface area contributed by atoms with Gasteiger partial charge in [-0.15, -0.1) is 0 Å². The Balaban J connectivity index is 1.19. The number of carbonyl (C=O) groups is 1. The predicted octanol–water partition coefficient (Wildman–Crippen LogP) is 4.13. The zero-order chi connectivity index (χ0) is 30.8. The Bertz CT molecular complexity index is 1790. The quantitative estimate of drug-likeness (QED) is 0.238. The maximum atomic E-state index is 13.8. The molecule has 0 bridgehead atoms. The van der Waals surface area contributed by atoms with Crippen molar-refractivity contribution in [1.29, 1.82) is 5.26 Å². The first-order valence-corrected chi connectivity index (χ1v) is 15.0. The maximum Gasteiger partial charge on any atom is 0.335 e. The molecule has 11 heteroatoms. The molecule has 2 aromatic carbocycles. The fourth-order valence-electron chi connectivity index (χ4n) is 6.13. The molecular formula is C33H36N8O3. The third-order valence-corrected chi connectivity index (χ3v) is 8.51. The largest absolute Gasteiger partial charge is 0.457 e. The van der Waals surface area contributed by atoms with E-state index in [-0.39, 0.29) is 34.4 Å². The van der Waals surface area contributed by atoms with Crippen molar-refractivity contribution in [3.8, 4) is 23.3 Å². The summed E-state index contributed by atoms with van der Waals surface area (Å²) in [6.45, 7) is 7.26. The molecule has 6 rings (SSSR count). The van der Waals surface area contributed by atoms with E-state index in [0.717, 1.165) is 25.9 Å². The molecule has 2 saturated heterocycles. The monoisotopic (exact) mass is 592 g/mol. The number of hydrogen-bond acceptors (Lipinski definition) is 8. The Labute approximate surface area is 255 Å². The number of imidazole rings is 1. The Kier molecular flexibility index (Phi) is 7.93. The highest BCUT2D eigenvalue weighted by molar-refractivity contribution is 5.98. The third-order valence-electron chi connectivity index (χ3n) is 8.51. The minimum atomic E-state index is -0.383. The lowest BCUT2D eigenvalue weighted by Crippen LogP contribution is -2.53. The van der Waals surface area contributed by atoms with Gasteiger partial charge in [-0.3, -0.25) is 18.8 Å². The van der Waals surface area contributed by atoms with Gasteiger partial charge < -0.3 is 15.4 Å². The molecule has 0 saturated carbocycles. The second-order valence-electron chi connectivity index (χ2n) is 12.0. The lowest BCUT2D eigenvalue weighted by atomic mass is 9.94. The molecule has 226 valence electrons. The average molecular weight is 593 g/mol. The van der Waals surface area contributed by atoms with Gasteiger partial charge in [0.1, 0.15) is 35.0 Å². The number of amides is 1. The minimum absolute atomic E-state index is 0.0172. The van der Waals surface area contributed by atoms with Crippen LogP contribution in [-0.2, 0) is 11.3 Å². The van der Waals surface area contributed by atoms with Crippen molar-refractivity contribution < 1.29 is 9.53 Å². The summed E-state index contributed by atoms with van der Waals surface area (Å²) in [5.74, 6) is 1.28. The predicted molar refractivity (Wildman–Crippen MR) is 167 cm³/mol. The van der Waals surface area contributed by atoms with Crippen molar-refractivity contribution in [3.63, 3.8) is 0 Å². The first-order chi connectivity index (χ1) is 21.2. The van der Waals surface area contributed by atoms with E-state index in [1.807, 2.05) is 36.4 Å². The maximum absolute atomic E-state index is 13.8. The number of nitrogens with zero attached hydrogens (tertiary/aromatic N) is 7. The molecule has 4 aromatic rings. The Morgan fingerprint density at radius 1 is 1.05 bits per heavy atom. The summed E-state index contributed by atoms with van der Waals surface area (Å²) in [4.78, 5) is 39.6. The van der Waals surface area contributed by atoms with Crippen LogP contribution in [0.15, 0.2) is 77.4 Å². The second-order valence-corrected chi connectivity index (χ2v) is 12.0. The van der Waals surface area contributed by atoms with Crippen molar-refractivity contribution >= 4 is 22.9 Å². The number of piperidine rings is 1. The number of nitrogen functional groups attached to an aromatic ring is 1. The fourth-order valence-corrected chi connectivity index (χ4v) is 6.13. The van der Waals surface area contributed by atoms with Crippen LogP contribution in [0.25, 0.3) is 16.9 Å². The van der Waals surface area contributed by atoms with Crippen LogP contribution < -0.4 is 16.2 Å². The smallest absolute Gasteiger partial charge is 0.335 e. The van der Waals surface area contributed by atoms with Gasteiger partial charge in [0.15, 0.2) is 11.5 Å². The van der Waals surface area contributed by atoms with Crippen LogP contribution in [0.2, 0.25) is 0 Å². The van der Waals surface area contributed by atoms with Crippen LogP contribution in [0.5, 0.6) is 11.5 Å². The highest BCUT2D eigenvalue weighted by atomic mass is 16.5. The van der Waals surface area contributed by atoms with Crippen LogP contribution >= 0.6 is 0 Å². The average Bonchev–Trinajstić information content (AvgIpc) is 3.30. The normalized spacial score (nSPS) is 16.5. The Hall–Kier alpha value is -4.95. The highest BCUT2D eigenvalue weighted by Gasteiger charge is 2.35. The molecule has 2 aromatic heterocycles. The molecule has 0 spiro atoms. The molecule has 44 heavy (non-hydrogen) atoms. The summed E-state index contributed by atoms with van der Waals surface area (Å²) < 4.78 is 9.01. The lowest BCUT2D eigenvalue weighted by Gasteiger charge is -2.41. The van der Waals surface area contributed by atoms with Gasteiger partial charge in [-0.05, 0) is 82.3 Å². The summed E-state index contributed by atoms with van der Waals surface area (Å²) in [5.41, 5.74) is 7.20. The van der Waals surface area contributed by atoms with Crippen LogP contribution in [-0.4, -0.2) is 66.5 Å². The third kappa shape index (κ3) is 5.68. The number of rotatable bonds is 8. The van der Waals surface area contributed by atoms with E-state index in [9.17, 15) is 14.9 Å². The van der Waals surface area contributed by atoms with E-state index in [0.29, 0.717) is 48.0 Å². The molecule has 2 N–H and O–H groups in total. The van der Waals surface area contributed by atoms with Gasteiger partial charge in [0.2, 0.25) is 0 Å². The van der Waals surface area contributed by atoms with Crippen LogP contribution in [0, 0.1) is 17.2 Å². The Morgan fingerprint density at radius 3 is 2.41 bits per heavy atom. The summed E-state index contributed by atoms with van der Waals surface area (Å²) in [5, 5.41) is 9.84. The number of nitriles is 1. The lowest BCUT2D eigenvalue weighted by molar-refractivity contribution is -0.133. The van der Waals surface area contributed by atoms with Gasteiger partial charge in [-0.1, -0.05) is 24.6 Å². The van der Waals surface area contributed by atoms with E-state index in [2.05, 4.69) is 34.8 Å². The minimum Gasteiger partial charge on any atom is -0.457 e. The van der Waals surface area contributed by atoms with Gasteiger partial charge in [-0.25, -0.2) is 14.8 Å². The Morgan fingerprint density at radius 2 is 1.73 bits per heavy atom. The fraction of sp³-hybridized carbons (Fsp3) is 0.364.